The number of ether oxygens (including phenoxy) is 1. The lowest BCUT2D eigenvalue weighted by molar-refractivity contribution is -0.131. The van der Waals surface area contributed by atoms with Gasteiger partial charge < -0.3 is 15.0 Å². The number of carbonyl (C=O) groups excluding carboxylic acids is 1. The van der Waals surface area contributed by atoms with E-state index in [0.717, 1.165) is 34.6 Å². The number of methoxy groups -OCH3 is 1. The van der Waals surface area contributed by atoms with Crippen LogP contribution in [0, 0.1) is 13.8 Å². The van der Waals surface area contributed by atoms with Crippen molar-refractivity contribution in [3.63, 3.8) is 0 Å². The van der Waals surface area contributed by atoms with Crippen LogP contribution in [0.2, 0.25) is 0 Å². The molecule has 0 bridgehead atoms. The van der Waals surface area contributed by atoms with Gasteiger partial charge in [0.05, 0.1) is 25.8 Å². The Morgan fingerprint density at radius 3 is 2.81 bits per heavy atom. The van der Waals surface area contributed by atoms with Crippen LogP contribution in [0.15, 0.2) is 24.4 Å². The number of aromatic nitrogens is 6. The Labute approximate surface area is 187 Å². The molecule has 0 spiro atoms. The van der Waals surface area contributed by atoms with Crippen molar-refractivity contribution in [3.8, 4) is 17.3 Å². The van der Waals surface area contributed by atoms with Crippen molar-refractivity contribution < 1.29 is 9.53 Å². The summed E-state index contributed by atoms with van der Waals surface area (Å²) in [5.74, 6) is 1.70. The lowest BCUT2D eigenvalue weighted by Gasteiger charge is -2.23. The second kappa shape index (κ2) is 8.89. The van der Waals surface area contributed by atoms with E-state index in [0.29, 0.717) is 24.8 Å². The van der Waals surface area contributed by atoms with Crippen LogP contribution in [-0.4, -0.2) is 67.2 Å². The third-order valence-corrected chi connectivity index (χ3v) is 5.85. The standard InChI is InChI=1S/C22H28N8O2/c1-13-11-23-20(32-5)10-18(13)14(2)22(31)30-9-8-16(12-30)25-19-7-6-17(15(3)24-19)21-26-28-29(4)27-21/h6-7,10-11,14,16H,8-9,12H2,1-5H3,(H,24,25)/t14-,16-/m0/s1. The van der Waals surface area contributed by atoms with Crippen molar-refractivity contribution in [1.82, 2.24) is 35.1 Å². The molecule has 1 amide bonds. The zero-order chi connectivity index (χ0) is 22.8. The Bertz CT molecular complexity index is 1130. The van der Waals surface area contributed by atoms with Crippen LogP contribution in [0.4, 0.5) is 5.82 Å². The fraction of sp³-hybridized carbons (Fsp3) is 0.455. The van der Waals surface area contributed by atoms with Crippen LogP contribution in [0.25, 0.3) is 11.4 Å². The van der Waals surface area contributed by atoms with Gasteiger partial charge in [-0.2, -0.15) is 4.80 Å². The van der Waals surface area contributed by atoms with E-state index in [2.05, 4.69) is 30.7 Å². The summed E-state index contributed by atoms with van der Waals surface area (Å²) in [5, 5.41) is 15.6. The van der Waals surface area contributed by atoms with Gasteiger partial charge in [-0.05, 0) is 55.7 Å². The smallest absolute Gasteiger partial charge is 0.229 e. The van der Waals surface area contributed by atoms with Crippen LogP contribution in [-0.2, 0) is 11.8 Å². The van der Waals surface area contributed by atoms with E-state index in [1.807, 2.05) is 43.9 Å². The highest BCUT2D eigenvalue weighted by molar-refractivity contribution is 5.84. The van der Waals surface area contributed by atoms with Crippen LogP contribution in [0.1, 0.15) is 36.1 Å². The lowest BCUT2D eigenvalue weighted by Crippen LogP contribution is -2.34. The maximum absolute atomic E-state index is 13.2. The Kier molecular flexibility index (Phi) is 6.02. The monoisotopic (exact) mass is 436 g/mol. The molecule has 10 nitrogen and oxygen atoms in total. The first-order valence-corrected chi connectivity index (χ1v) is 10.6. The quantitative estimate of drug-likeness (QED) is 0.625. The maximum atomic E-state index is 13.2. The molecule has 1 fully saturated rings. The number of likely N-dealkylation sites (tertiary alicyclic amines) is 1. The highest BCUT2D eigenvalue weighted by Crippen LogP contribution is 2.27. The molecule has 2 atom stereocenters. The van der Waals surface area contributed by atoms with Gasteiger partial charge in [0, 0.05) is 37.0 Å². The molecule has 1 saturated heterocycles. The molecule has 4 rings (SSSR count). The molecule has 32 heavy (non-hydrogen) atoms. The highest BCUT2D eigenvalue weighted by Gasteiger charge is 2.30. The topological polar surface area (TPSA) is 111 Å². The zero-order valence-electron chi connectivity index (χ0n) is 19.0. The van der Waals surface area contributed by atoms with Crippen LogP contribution in [0.3, 0.4) is 0 Å². The third-order valence-electron chi connectivity index (χ3n) is 5.85. The SMILES string of the molecule is COc1cc([C@H](C)C(=O)N2CC[C@H](Nc3ccc(-c4nnn(C)n4)c(C)n3)C2)c(C)cn1. The van der Waals surface area contributed by atoms with Gasteiger partial charge in [-0.1, -0.05) is 0 Å². The van der Waals surface area contributed by atoms with Gasteiger partial charge in [-0.25, -0.2) is 9.97 Å². The molecule has 0 saturated carbocycles. The Balaban J connectivity index is 1.40. The second-order valence-electron chi connectivity index (χ2n) is 8.15. The van der Waals surface area contributed by atoms with Gasteiger partial charge in [0.1, 0.15) is 5.82 Å². The fourth-order valence-corrected chi connectivity index (χ4v) is 4.06. The minimum atomic E-state index is -0.259. The van der Waals surface area contributed by atoms with E-state index in [1.54, 1.807) is 20.4 Å². The predicted molar refractivity (Wildman–Crippen MR) is 119 cm³/mol. The maximum Gasteiger partial charge on any atom is 0.229 e. The number of anilines is 1. The molecule has 3 aromatic rings. The van der Waals surface area contributed by atoms with E-state index >= 15 is 0 Å². The average molecular weight is 437 g/mol. The number of rotatable bonds is 6. The molecule has 4 heterocycles. The fourth-order valence-electron chi connectivity index (χ4n) is 4.06. The van der Waals surface area contributed by atoms with E-state index < -0.39 is 0 Å². The van der Waals surface area contributed by atoms with Gasteiger partial charge in [0.2, 0.25) is 17.6 Å². The number of tetrazole rings is 1. The van der Waals surface area contributed by atoms with Crippen molar-refractivity contribution >= 4 is 11.7 Å². The minimum Gasteiger partial charge on any atom is -0.481 e. The molecule has 0 aromatic carbocycles. The lowest BCUT2D eigenvalue weighted by atomic mass is 9.97. The molecular formula is C22H28N8O2. The number of amides is 1. The molecule has 168 valence electrons. The molecular weight excluding hydrogens is 408 g/mol. The normalized spacial score (nSPS) is 16.8. The second-order valence-corrected chi connectivity index (χ2v) is 8.15. The summed E-state index contributed by atoms with van der Waals surface area (Å²) in [7, 11) is 3.31. The molecule has 0 radical (unpaired) electrons. The summed E-state index contributed by atoms with van der Waals surface area (Å²) in [6.45, 7) is 7.18. The zero-order valence-corrected chi connectivity index (χ0v) is 19.0. The number of nitrogens with zero attached hydrogens (tertiary/aromatic N) is 7. The van der Waals surface area contributed by atoms with E-state index in [1.165, 1.54) is 4.80 Å². The first kappa shape index (κ1) is 21.7. The number of hydrogen-bond acceptors (Lipinski definition) is 8. The summed E-state index contributed by atoms with van der Waals surface area (Å²) < 4.78 is 5.23. The molecule has 0 aliphatic carbocycles. The van der Waals surface area contributed by atoms with Crippen LogP contribution >= 0.6 is 0 Å². The number of aryl methyl sites for hydroxylation is 3. The summed E-state index contributed by atoms with van der Waals surface area (Å²) in [5.41, 5.74) is 3.61. The van der Waals surface area contributed by atoms with E-state index in [4.69, 9.17) is 4.74 Å². The number of hydrogen-bond donors (Lipinski definition) is 1. The molecule has 0 unspecified atom stereocenters. The van der Waals surface area contributed by atoms with Gasteiger partial charge in [-0.3, -0.25) is 4.79 Å². The molecule has 1 N–H and O–H groups in total. The Hall–Kier alpha value is -3.56. The Morgan fingerprint density at radius 2 is 2.12 bits per heavy atom. The predicted octanol–water partition coefficient (Wildman–Crippen LogP) is 2.11. The van der Waals surface area contributed by atoms with Crippen molar-refractivity contribution in [2.75, 3.05) is 25.5 Å². The first-order chi connectivity index (χ1) is 15.4. The number of carbonyl (C=O) groups is 1. The van der Waals surface area contributed by atoms with Gasteiger partial charge >= 0.3 is 0 Å². The molecule has 3 aromatic heterocycles. The van der Waals surface area contributed by atoms with Gasteiger partial charge in [0.25, 0.3) is 0 Å². The summed E-state index contributed by atoms with van der Waals surface area (Å²) in [6, 6.07) is 5.86. The number of nitrogens with one attached hydrogen (secondary N) is 1. The van der Waals surface area contributed by atoms with Crippen LogP contribution < -0.4 is 10.1 Å². The van der Waals surface area contributed by atoms with Crippen molar-refractivity contribution in [2.45, 2.75) is 39.2 Å². The largest absolute Gasteiger partial charge is 0.481 e. The summed E-state index contributed by atoms with van der Waals surface area (Å²) >= 11 is 0. The van der Waals surface area contributed by atoms with Crippen molar-refractivity contribution in [1.29, 1.82) is 0 Å². The highest BCUT2D eigenvalue weighted by atomic mass is 16.5. The van der Waals surface area contributed by atoms with Gasteiger partial charge in [0.15, 0.2) is 0 Å². The van der Waals surface area contributed by atoms with Crippen molar-refractivity contribution in [2.24, 2.45) is 7.05 Å². The van der Waals surface area contributed by atoms with E-state index in [-0.39, 0.29) is 17.9 Å². The summed E-state index contributed by atoms with van der Waals surface area (Å²) in [6.07, 6.45) is 2.62. The van der Waals surface area contributed by atoms with Crippen molar-refractivity contribution in [3.05, 3.63) is 41.2 Å². The van der Waals surface area contributed by atoms with E-state index in [9.17, 15) is 4.79 Å². The first-order valence-electron chi connectivity index (χ1n) is 10.6. The molecule has 1 aliphatic rings. The number of pyridine rings is 2. The minimum absolute atomic E-state index is 0.110. The Morgan fingerprint density at radius 1 is 1.31 bits per heavy atom. The van der Waals surface area contributed by atoms with Gasteiger partial charge in [-0.15, -0.1) is 10.2 Å². The summed E-state index contributed by atoms with van der Waals surface area (Å²) in [4.78, 5) is 25.4. The average Bonchev–Trinajstić information content (AvgIpc) is 3.42. The third kappa shape index (κ3) is 4.39. The molecule has 1 aliphatic heterocycles. The van der Waals surface area contributed by atoms with Crippen LogP contribution in [0.5, 0.6) is 5.88 Å². The molecule has 10 heteroatoms.